The van der Waals surface area contributed by atoms with Gasteiger partial charge in [0.05, 0.1) is 6.42 Å². The van der Waals surface area contributed by atoms with Gasteiger partial charge >= 0.3 is 0 Å². The summed E-state index contributed by atoms with van der Waals surface area (Å²) in [4.78, 5) is 14.6. The fourth-order valence-corrected chi connectivity index (χ4v) is 3.68. The molecule has 1 aliphatic heterocycles. The van der Waals surface area contributed by atoms with E-state index in [4.69, 9.17) is 5.73 Å². The van der Waals surface area contributed by atoms with Crippen molar-refractivity contribution < 1.29 is 4.79 Å². The molecule has 0 aromatic heterocycles. The van der Waals surface area contributed by atoms with E-state index in [0.717, 1.165) is 23.7 Å². The Morgan fingerprint density at radius 2 is 2.00 bits per heavy atom. The van der Waals surface area contributed by atoms with Gasteiger partial charge in [-0.3, -0.25) is 4.79 Å². The number of carbonyl (C=O) groups is 1. The Morgan fingerprint density at radius 1 is 1.21 bits per heavy atom. The molecule has 3 heteroatoms. The van der Waals surface area contributed by atoms with Crippen molar-refractivity contribution in [1.82, 2.24) is 4.90 Å². The molecule has 2 aliphatic rings. The monoisotopic (exact) mass is 258 g/mol. The number of nitrogen functional groups attached to an aromatic ring is 1. The summed E-state index contributed by atoms with van der Waals surface area (Å²) in [5.74, 6) is 1.01. The highest BCUT2D eigenvalue weighted by atomic mass is 16.2. The zero-order chi connectivity index (χ0) is 13.2. The number of rotatable bonds is 2. The maximum Gasteiger partial charge on any atom is 0.227 e. The molecule has 19 heavy (non-hydrogen) atoms. The molecule has 1 amide bonds. The van der Waals surface area contributed by atoms with E-state index < -0.39 is 0 Å². The van der Waals surface area contributed by atoms with Crippen molar-refractivity contribution in [2.45, 2.75) is 44.6 Å². The highest BCUT2D eigenvalue weighted by molar-refractivity contribution is 5.81. The molecule has 0 radical (unpaired) electrons. The van der Waals surface area contributed by atoms with Gasteiger partial charge in [-0.25, -0.2) is 0 Å². The number of nitrogens with two attached hydrogens (primary N) is 1. The number of likely N-dealkylation sites (tertiary alicyclic amines) is 1. The lowest BCUT2D eigenvalue weighted by atomic mass is 9.85. The predicted molar refractivity (Wildman–Crippen MR) is 76.6 cm³/mol. The lowest BCUT2D eigenvalue weighted by Crippen LogP contribution is -2.40. The van der Waals surface area contributed by atoms with Crippen molar-refractivity contribution in [2.75, 3.05) is 12.3 Å². The van der Waals surface area contributed by atoms with Crippen LogP contribution in [-0.4, -0.2) is 23.4 Å². The van der Waals surface area contributed by atoms with Gasteiger partial charge in [0.2, 0.25) is 5.91 Å². The number of hydrogen-bond donors (Lipinski definition) is 1. The maximum absolute atomic E-state index is 12.5. The van der Waals surface area contributed by atoms with Crippen molar-refractivity contribution in [2.24, 2.45) is 5.92 Å². The number of fused-ring (bicyclic) bond motifs is 1. The number of hydrogen-bond acceptors (Lipinski definition) is 2. The number of benzene rings is 1. The first-order chi connectivity index (χ1) is 9.25. The molecule has 3 rings (SSSR count). The van der Waals surface area contributed by atoms with Crippen LogP contribution in [0.3, 0.4) is 0 Å². The molecule has 1 aromatic carbocycles. The molecular formula is C16H22N2O. The lowest BCUT2D eigenvalue weighted by molar-refractivity contribution is -0.132. The van der Waals surface area contributed by atoms with Gasteiger partial charge in [-0.15, -0.1) is 0 Å². The van der Waals surface area contributed by atoms with Crippen LogP contribution in [0.2, 0.25) is 0 Å². The van der Waals surface area contributed by atoms with Crippen LogP contribution < -0.4 is 5.73 Å². The largest absolute Gasteiger partial charge is 0.398 e. The van der Waals surface area contributed by atoms with Crippen molar-refractivity contribution in [3.05, 3.63) is 29.8 Å². The van der Waals surface area contributed by atoms with Gasteiger partial charge < -0.3 is 10.6 Å². The highest BCUT2D eigenvalue weighted by Crippen LogP contribution is 2.36. The molecule has 102 valence electrons. The quantitative estimate of drug-likeness (QED) is 0.829. The van der Waals surface area contributed by atoms with Crippen LogP contribution in [-0.2, 0) is 11.2 Å². The molecule has 1 saturated heterocycles. The fourth-order valence-electron chi connectivity index (χ4n) is 3.68. The first kappa shape index (κ1) is 12.5. The Kier molecular flexibility index (Phi) is 3.45. The third kappa shape index (κ3) is 2.46. The number of para-hydroxylation sites is 1. The van der Waals surface area contributed by atoms with E-state index in [2.05, 4.69) is 4.90 Å². The Balaban J connectivity index is 1.69. The molecule has 2 unspecified atom stereocenters. The van der Waals surface area contributed by atoms with E-state index in [9.17, 15) is 4.79 Å². The summed E-state index contributed by atoms with van der Waals surface area (Å²) in [5, 5.41) is 0. The van der Waals surface area contributed by atoms with Gasteiger partial charge in [-0.1, -0.05) is 31.0 Å². The number of nitrogens with zero attached hydrogens (tertiary/aromatic N) is 1. The summed E-state index contributed by atoms with van der Waals surface area (Å²) in [5.41, 5.74) is 7.62. The summed E-state index contributed by atoms with van der Waals surface area (Å²) in [6.45, 7) is 0.945. The van der Waals surface area contributed by atoms with Crippen LogP contribution in [0.1, 0.15) is 37.7 Å². The second-order valence-electron chi connectivity index (χ2n) is 5.86. The Bertz CT molecular complexity index is 472. The second-order valence-corrected chi connectivity index (χ2v) is 5.86. The lowest BCUT2D eigenvalue weighted by Gasteiger charge is -2.31. The van der Waals surface area contributed by atoms with E-state index in [0.29, 0.717) is 12.5 Å². The van der Waals surface area contributed by atoms with Crippen molar-refractivity contribution in [1.29, 1.82) is 0 Å². The highest BCUT2D eigenvalue weighted by Gasteiger charge is 2.37. The van der Waals surface area contributed by atoms with Crippen LogP contribution in [0.25, 0.3) is 0 Å². The molecule has 0 bridgehead atoms. The van der Waals surface area contributed by atoms with E-state index in [-0.39, 0.29) is 5.91 Å². The third-order valence-corrected chi connectivity index (χ3v) is 4.73. The molecule has 2 atom stereocenters. The molecule has 1 heterocycles. The van der Waals surface area contributed by atoms with Crippen molar-refractivity contribution in [3.8, 4) is 0 Å². The summed E-state index contributed by atoms with van der Waals surface area (Å²) >= 11 is 0. The molecule has 1 aliphatic carbocycles. The molecule has 2 N–H and O–H groups in total. The molecular weight excluding hydrogens is 236 g/mol. The molecule has 0 spiro atoms. The zero-order valence-electron chi connectivity index (χ0n) is 11.3. The van der Waals surface area contributed by atoms with Crippen LogP contribution in [0.5, 0.6) is 0 Å². The molecule has 3 nitrogen and oxygen atoms in total. The van der Waals surface area contributed by atoms with Gasteiger partial charge in [-0.2, -0.15) is 0 Å². The predicted octanol–water partition coefficient (Wildman–Crippen LogP) is 2.60. The minimum Gasteiger partial charge on any atom is -0.398 e. The fraction of sp³-hybridized carbons (Fsp3) is 0.562. The van der Waals surface area contributed by atoms with E-state index in [1.54, 1.807) is 0 Å². The Morgan fingerprint density at radius 3 is 2.84 bits per heavy atom. The van der Waals surface area contributed by atoms with Crippen LogP contribution >= 0.6 is 0 Å². The van der Waals surface area contributed by atoms with Crippen LogP contribution in [0.4, 0.5) is 5.69 Å². The van der Waals surface area contributed by atoms with Gasteiger partial charge in [0, 0.05) is 18.3 Å². The van der Waals surface area contributed by atoms with Gasteiger partial charge in [-0.05, 0) is 36.8 Å². The molecule has 1 aromatic rings. The number of anilines is 1. The second kappa shape index (κ2) is 5.24. The number of amides is 1. The average molecular weight is 258 g/mol. The average Bonchev–Trinajstić information content (AvgIpc) is 2.85. The zero-order valence-corrected chi connectivity index (χ0v) is 11.3. The third-order valence-electron chi connectivity index (χ3n) is 4.73. The SMILES string of the molecule is Nc1ccccc1CC(=O)N1CCC2CCCCC21. The minimum absolute atomic E-state index is 0.257. The van der Waals surface area contributed by atoms with E-state index in [1.807, 2.05) is 24.3 Å². The van der Waals surface area contributed by atoms with E-state index in [1.165, 1.54) is 32.1 Å². The normalized spacial score (nSPS) is 26.2. The summed E-state index contributed by atoms with van der Waals surface area (Å²) in [7, 11) is 0. The minimum atomic E-state index is 0.257. The van der Waals surface area contributed by atoms with Crippen LogP contribution in [0, 0.1) is 5.92 Å². The first-order valence-electron chi connectivity index (χ1n) is 7.38. The van der Waals surface area contributed by atoms with Gasteiger partial charge in [0.25, 0.3) is 0 Å². The Labute approximate surface area is 114 Å². The Hall–Kier alpha value is -1.51. The standard InChI is InChI=1S/C16H22N2O/c17-14-7-3-1-6-13(14)11-16(19)18-10-9-12-5-2-4-8-15(12)18/h1,3,6-7,12,15H,2,4-5,8-11,17H2. The number of carbonyl (C=O) groups excluding carboxylic acids is 1. The van der Waals surface area contributed by atoms with Gasteiger partial charge in [0.1, 0.15) is 0 Å². The summed E-state index contributed by atoms with van der Waals surface area (Å²) in [6.07, 6.45) is 6.77. The van der Waals surface area contributed by atoms with Crippen molar-refractivity contribution >= 4 is 11.6 Å². The smallest absolute Gasteiger partial charge is 0.227 e. The maximum atomic E-state index is 12.5. The topological polar surface area (TPSA) is 46.3 Å². The van der Waals surface area contributed by atoms with Crippen molar-refractivity contribution in [3.63, 3.8) is 0 Å². The summed E-state index contributed by atoms with van der Waals surface area (Å²) in [6, 6.07) is 8.20. The molecule has 2 fully saturated rings. The van der Waals surface area contributed by atoms with Gasteiger partial charge in [0.15, 0.2) is 0 Å². The molecule has 1 saturated carbocycles. The van der Waals surface area contributed by atoms with E-state index >= 15 is 0 Å². The first-order valence-corrected chi connectivity index (χ1v) is 7.38. The summed E-state index contributed by atoms with van der Waals surface area (Å²) < 4.78 is 0. The van der Waals surface area contributed by atoms with Crippen LogP contribution in [0.15, 0.2) is 24.3 Å².